The van der Waals surface area contributed by atoms with Crippen molar-refractivity contribution in [1.82, 2.24) is 24.1 Å². The molecule has 6 nitrogen and oxygen atoms in total. The second-order valence-electron chi connectivity index (χ2n) is 6.43. The number of halogens is 4. The van der Waals surface area contributed by atoms with Gasteiger partial charge in [0, 0.05) is 24.4 Å². The Hall–Kier alpha value is -3.08. The maximum Gasteiger partial charge on any atom is 0.419 e. The fraction of sp³-hybridized carbons (Fsp3) is 0.222. The second kappa shape index (κ2) is 6.76. The van der Waals surface area contributed by atoms with E-state index < -0.39 is 23.1 Å². The zero-order valence-electron chi connectivity index (χ0n) is 15.2. The molecule has 0 aliphatic heterocycles. The maximum absolute atomic E-state index is 14.3. The number of aryl methyl sites for hydroxylation is 2. The molecule has 4 aromatic rings. The molecule has 0 saturated heterocycles. The van der Waals surface area contributed by atoms with Gasteiger partial charge in [-0.25, -0.2) is 13.8 Å². The first-order chi connectivity index (χ1) is 13.7. The molecule has 3 aromatic heterocycles. The zero-order chi connectivity index (χ0) is 20.9. The van der Waals surface area contributed by atoms with Gasteiger partial charge in [-0.3, -0.25) is 4.79 Å². The van der Waals surface area contributed by atoms with E-state index in [1.54, 1.807) is 18.5 Å². The summed E-state index contributed by atoms with van der Waals surface area (Å²) in [5.41, 5.74) is -1.24. The van der Waals surface area contributed by atoms with Crippen molar-refractivity contribution in [3.8, 4) is 11.5 Å². The number of benzene rings is 1. The summed E-state index contributed by atoms with van der Waals surface area (Å²) in [6.45, 7) is 1.80. The predicted octanol–water partition coefficient (Wildman–Crippen LogP) is 3.61. The third-order valence-corrected chi connectivity index (χ3v) is 5.38. The van der Waals surface area contributed by atoms with E-state index in [4.69, 9.17) is 0 Å². The Morgan fingerprint density at radius 2 is 2.00 bits per heavy atom. The average molecular weight is 423 g/mol. The third-order valence-electron chi connectivity index (χ3n) is 4.42. The van der Waals surface area contributed by atoms with Crippen molar-refractivity contribution >= 4 is 16.3 Å². The molecule has 150 valence electrons. The van der Waals surface area contributed by atoms with Crippen LogP contribution in [0.15, 0.2) is 35.4 Å². The first-order valence-corrected chi connectivity index (χ1v) is 9.19. The van der Waals surface area contributed by atoms with Crippen molar-refractivity contribution in [2.75, 3.05) is 0 Å². The molecule has 4 rings (SSSR count). The Labute approximate surface area is 165 Å². The molecule has 11 heteroatoms. The molecule has 0 aliphatic rings. The number of aromatic nitrogens is 5. The Balaban J connectivity index is 1.81. The molecule has 0 saturated carbocycles. The van der Waals surface area contributed by atoms with E-state index in [1.807, 2.05) is 0 Å². The van der Waals surface area contributed by atoms with Gasteiger partial charge in [0.15, 0.2) is 10.8 Å². The van der Waals surface area contributed by atoms with E-state index in [0.717, 1.165) is 10.9 Å². The predicted molar refractivity (Wildman–Crippen MR) is 98.3 cm³/mol. The summed E-state index contributed by atoms with van der Waals surface area (Å²) in [4.78, 5) is 18.2. The summed E-state index contributed by atoms with van der Waals surface area (Å²) in [6.07, 6.45) is -3.54. The largest absolute Gasteiger partial charge is 0.419 e. The lowest BCUT2D eigenvalue weighted by Crippen LogP contribution is -2.17. The van der Waals surface area contributed by atoms with Gasteiger partial charge >= 0.3 is 6.18 Å². The second-order valence-corrected chi connectivity index (χ2v) is 7.61. The highest BCUT2D eigenvalue weighted by Gasteiger charge is 2.34. The Morgan fingerprint density at radius 1 is 1.24 bits per heavy atom. The molecule has 0 aliphatic carbocycles. The quantitative estimate of drug-likeness (QED) is 0.473. The monoisotopic (exact) mass is 423 g/mol. The average Bonchev–Trinajstić information content (AvgIpc) is 3.18. The van der Waals surface area contributed by atoms with Gasteiger partial charge in [0.2, 0.25) is 0 Å². The molecule has 0 fully saturated rings. The lowest BCUT2D eigenvalue weighted by atomic mass is 10.0. The van der Waals surface area contributed by atoms with Crippen LogP contribution in [0.3, 0.4) is 0 Å². The Morgan fingerprint density at radius 3 is 2.66 bits per heavy atom. The van der Waals surface area contributed by atoms with E-state index in [1.165, 1.54) is 34.2 Å². The molecule has 0 bridgehead atoms. The number of alkyl halides is 3. The molecule has 0 unspecified atom stereocenters. The Kier molecular flexibility index (Phi) is 4.49. The fourth-order valence-electron chi connectivity index (χ4n) is 3.10. The molecular weight excluding hydrogens is 410 g/mol. The first-order valence-electron chi connectivity index (χ1n) is 8.38. The number of hydrogen-bond donors (Lipinski definition) is 0. The summed E-state index contributed by atoms with van der Waals surface area (Å²) in [6, 6.07) is 4.26. The van der Waals surface area contributed by atoms with Crippen molar-refractivity contribution < 1.29 is 17.6 Å². The van der Waals surface area contributed by atoms with Crippen LogP contribution in [-0.2, 0) is 19.6 Å². The highest BCUT2D eigenvalue weighted by atomic mass is 32.1. The van der Waals surface area contributed by atoms with Crippen molar-refractivity contribution in [2.24, 2.45) is 7.05 Å². The first kappa shape index (κ1) is 19.2. The van der Waals surface area contributed by atoms with Crippen LogP contribution in [0.1, 0.15) is 21.7 Å². The minimum atomic E-state index is -4.80. The van der Waals surface area contributed by atoms with Gasteiger partial charge in [0.25, 0.3) is 5.56 Å². The van der Waals surface area contributed by atoms with Crippen LogP contribution in [0, 0.1) is 12.7 Å². The summed E-state index contributed by atoms with van der Waals surface area (Å²) in [5.74, 6) is -0.876. The molecule has 29 heavy (non-hydrogen) atoms. The smallest absolute Gasteiger partial charge is 0.315 e. The van der Waals surface area contributed by atoms with E-state index in [0.29, 0.717) is 22.5 Å². The van der Waals surface area contributed by atoms with Crippen LogP contribution in [-0.4, -0.2) is 24.1 Å². The van der Waals surface area contributed by atoms with Gasteiger partial charge in [-0.2, -0.15) is 13.2 Å². The lowest BCUT2D eigenvalue weighted by molar-refractivity contribution is -0.140. The van der Waals surface area contributed by atoms with Crippen molar-refractivity contribution in [1.29, 1.82) is 0 Å². The minimum Gasteiger partial charge on any atom is -0.315 e. The highest BCUT2D eigenvalue weighted by Crippen LogP contribution is 2.33. The summed E-state index contributed by atoms with van der Waals surface area (Å²) in [5, 5.41) is 7.84. The van der Waals surface area contributed by atoms with Crippen molar-refractivity contribution in [2.45, 2.75) is 19.5 Å². The van der Waals surface area contributed by atoms with Gasteiger partial charge in [0.1, 0.15) is 17.8 Å². The van der Waals surface area contributed by atoms with Gasteiger partial charge < -0.3 is 4.57 Å². The molecule has 0 spiro atoms. The van der Waals surface area contributed by atoms with Gasteiger partial charge in [0.05, 0.1) is 11.3 Å². The van der Waals surface area contributed by atoms with Crippen molar-refractivity contribution in [3.63, 3.8) is 0 Å². The van der Waals surface area contributed by atoms with Crippen LogP contribution in [0.2, 0.25) is 0 Å². The van der Waals surface area contributed by atoms with Crippen LogP contribution in [0.5, 0.6) is 0 Å². The molecule has 0 radical (unpaired) electrons. The van der Waals surface area contributed by atoms with Crippen molar-refractivity contribution in [3.05, 3.63) is 68.5 Å². The number of rotatable bonds is 3. The van der Waals surface area contributed by atoms with Crippen LogP contribution < -0.4 is 5.56 Å². The Bertz CT molecular complexity index is 1290. The number of hydrogen-bond acceptors (Lipinski definition) is 5. The van der Waals surface area contributed by atoms with Crippen LogP contribution >= 0.6 is 11.3 Å². The summed E-state index contributed by atoms with van der Waals surface area (Å²) >= 11 is 1.23. The zero-order valence-corrected chi connectivity index (χ0v) is 16.0. The SMILES string of the molecule is Cc1sc2nc(Cc3cccc(C(F)(F)F)c3F)cc(=O)n2c1-c1nncn1C. The molecule has 0 N–H and O–H groups in total. The van der Waals surface area contributed by atoms with Gasteiger partial charge in [-0.15, -0.1) is 21.5 Å². The number of nitrogens with zero attached hydrogens (tertiary/aromatic N) is 5. The lowest BCUT2D eigenvalue weighted by Gasteiger charge is -2.11. The van der Waals surface area contributed by atoms with Gasteiger partial charge in [-0.05, 0) is 18.6 Å². The molecule has 0 amide bonds. The standard InChI is InChI=1S/C18H13F4N5OS/c1-9-15(16-25-23-8-26(16)2)27-13(28)7-11(24-17(27)29-9)6-10-4-3-5-12(14(10)19)18(20,21)22/h3-5,7-8H,6H2,1-2H3. The fourth-order valence-corrected chi connectivity index (χ4v) is 4.09. The number of thiazole rings is 1. The molecule has 1 aromatic carbocycles. The molecular formula is C18H13F4N5OS. The third kappa shape index (κ3) is 3.31. The normalized spacial score (nSPS) is 12.1. The molecule has 3 heterocycles. The van der Waals surface area contributed by atoms with E-state index in [2.05, 4.69) is 15.2 Å². The van der Waals surface area contributed by atoms with E-state index >= 15 is 0 Å². The highest BCUT2D eigenvalue weighted by molar-refractivity contribution is 7.17. The van der Waals surface area contributed by atoms with Gasteiger partial charge in [-0.1, -0.05) is 12.1 Å². The van der Waals surface area contributed by atoms with E-state index in [9.17, 15) is 22.4 Å². The molecule has 0 atom stereocenters. The minimum absolute atomic E-state index is 0.180. The van der Waals surface area contributed by atoms with Crippen LogP contribution in [0.25, 0.3) is 16.5 Å². The summed E-state index contributed by atoms with van der Waals surface area (Å²) < 4.78 is 56.2. The topological polar surface area (TPSA) is 65.1 Å². The van der Waals surface area contributed by atoms with Crippen LogP contribution in [0.4, 0.5) is 17.6 Å². The van der Waals surface area contributed by atoms with E-state index in [-0.39, 0.29) is 17.7 Å². The number of fused-ring (bicyclic) bond motifs is 1. The summed E-state index contributed by atoms with van der Waals surface area (Å²) in [7, 11) is 1.74. The maximum atomic E-state index is 14.3.